The van der Waals surface area contributed by atoms with Crippen molar-refractivity contribution in [2.24, 2.45) is 0 Å². The molecule has 4 nitrogen and oxygen atoms in total. The topological polar surface area (TPSA) is 59.2 Å². The largest absolute Gasteiger partial charge is 0.465 e. The molecule has 5 heteroatoms. The SMILES string of the molecule is CC(C)BC(C)(C)c1nnc(O)o1. The van der Waals surface area contributed by atoms with Gasteiger partial charge in [-0.3, -0.25) is 0 Å². The zero-order valence-corrected chi connectivity index (χ0v) is 8.53. The lowest BCUT2D eigenvalue weighted by atomic mass is 9.48. The number of aromatic nitrogens is 2. The molecule has 72 valence electrons. The van der Waals surface area contributed by atoms with E-state index in [0.29, 0.717) is 11.7 Å². The van der Waals surface area contributed by atoms with E-state index in [0.717, 1.165) is 7.28 Å². The summed E-state index contributed by atoms with van der Waals surface area (Å²) in [6.45, 7) is 8.33. The predicted molar refractivity (Wildman–Crippen MR) is 51.2 cm³/mol. The Bertz CT molecular complexity index is 283. The van der Waals surface area contributed by atoms with Crippen LogP contribution in [0.25, 0.3) is 0 Å². The fourth-order valence-electron chi connectivity index (χ4n) is 1.60. The summed E-state index contributed by atoms with van der Waals surface area (Å²) in [5.74, 6) is 1.06. The zero-order chi connectivity index (χ0) is 10.1. The quantitative estimate of drug-likeness (QED) is 0.715. The number of nitrogens with zero attached hydrogens (tertiary/aromatic N) is 2. The van der Waals surface area contributed by atoms with Crippen LogP contribution < -0.4 is 0 Å². The highest BCUT2D eigenvalue weighted by molar-refractivity contribution is 6.41. The lowest BCUT2D eigenvalue weighted by Gasteiger charge is -2.20. The van der Waals surface area contributed by atoms with Gasteiger partial charge in [-0.25, -0.2) is 0 Å². The van der Waals surface area contributed by atoms with E-state index in [-0.39, 0.29) is 11.4 Å². The molecule has 1 heterocycles. The van der Waals surface area contributed by atoms with Crippen molar-refractivity contribution >= 4 is 7.28 Å². The van der Waals surface area contributed by atoms with E-state index in [1.54, 1.807) is 0 Å². The Morgan fingerprint density at radius 1 is 1.38 bits per heavy atom. The van der Waals surface area contributed by atoms with Gasteiger partial charge in [0, 0.05) is 5.31 Å². The highest BCUT2D eigenvalue weighted by Crippen LogP contribution is 2.25. The first-order chi connectivity index (χ1) is 5.92. The Labute approximate surface area is 78.6 Å². The van der Waals surface area contributed by atoms with E-state index in [9.17, 15) is 0 Å². The van der Waals surface area contributed by atoms with Gasteiger partial charge in [-0.2, -0.15) is 0 Å². The molecule has 0 saturated carbocycles. The number of rotatable bonds is 3. The second-order valence-corrected chi connectivity index (χ2v) is 4.37. The maximum absolute atomic E-state index is 8.91. The van der Waals surface area contributed by atoms with E-state index in [4.69, 9.17) is 9.52 Å². The van der Waals surface area contributed by atoms with E-state index < -0.39 is 0 Å². The van der Waals surface area contributed by atoms with E-state index in [1.807, 2.05) is 13.8 Å². The van der Waals surface area contributed by atoms with E-state index in [2.05, 4.69) is 24.0 Å². The first-order valence-corrected chi connectivity index (χ1v) is 4.45. The summed E-state index contributed by atoms with van der Waals surface area (Å²) in [5, 5.41) is 15.9. The van der Waals surface area contributed by atoms with Crippen LogP contribution >= 0.6 is 0 Å². The molecular formula is C8H15BN2O2. The Morgan fingerprint density at radius 3 is 2.38 bits per heavy atom. The van der Waals surface area contributed by atoms with Crippen LogP contribution in [0.4, 0.5) is 0 Å². The first kappa shape index (κ1) is 10.1. The van der Waals surface area contributed by atoms with Gasteiger partial charge in [-0.15, -0.1) is 5.10 Å². The molecule has 0 radical (unpaired) electrons. The highest BCUT2D eigenvalue weighted by atomic mass is 16.5. The van der Waals surface area contributed by atoms with Crippen LogP contribution in [-0.2, 0) is 5.31 Å². The predicted octanol–water partition coefficient (Wildman–Crippen LogP) is 1.28. The van der Waals surface area contributed by atoms with Crippen molar-refractivity contribution in [3.63, 3.8) is 0 Å². The van der Waals surface area contributed by atoms with Crippen LogP contribution in [0.5, 0.6) is 6.08 Å². The Balaban J connectivity index is 2.80. The maximum atomic E-state index is 8.91. The minimum Gasteiger partial charge on any atom is -0.465 e. The van der Waals surface area contributed by atoms with E-state index >= 15 is 0 Å². The van der Waals surface area contributed by atoms with Crippen molar-refractivity contribution in [1.29, 1.82) is 0 Å². The second-order valence-electron chi connectivity index (χ2n) is 4.37. The summed E-state index contributed by atoms with van der Waals surface area (Å²) >= 11 is 0. The van der Waals surface area contributed by atoms with Crippen LogP contribution in [0, 0.1) is 0 Å². The minimum atomic E-state index is -0.355. The second kappa shape index (κ2) is 3.40. The molecule has 0 saturated heterocycles. The Hall–Kier alpha value is -0.995. The van der Waals surface area contributed by atoms with Crippen LogP contribution in [0.15, 0.2) is 4.42 Å². The van der Waals surface area contributed by atoms with Gasteiger partial charge in [-0.05, 0) is 0 Å². The molecule has 1 rings (SSSR count). The summed E-state index contributed by atoms with van der Waals surface area (Å²) in [6.07, 6.45) is -0.355. The molecule has 0 aliphatic carbocycles. The average Bonchev–Trinajstić information content (AvgIpc) is 2.32. The van der Waals surface area contributed by atoms with Gasteiger partial charge in [0.2, 0.25) is 5.89 Å². The fourth-order valence-corrected chi connectivity index (χ4v) is 1.60. The highest BCUT2D eigenvalue weighted by Gasteiger charge is 2.29. The lowest BCUT2D eigenvalue weighted by molar-refractivity contribution is 0.293. The van der Waals surface area contributed by atoms with Crippen molar-refractivity contribution in [1.82, 2.24) is 10.2 Å². The standard InChI is InChI=1S/C8H15BN2O2/c1-5(2)9-8(3,4)6-10-11-7(12)13-6/h5,9H,1-4H3,(H,11,12). The maximum Gasteiger partial charge on any atom is 0.412 e. The van der Waals surface area contributed by atoms with Gasteiger partial charge in [0.15, 0.2) is 0 Å². The average molecular weight is 182 g/mol. The third kappa shape index (κ3) is 2.47. The summed E-state index contributed by atoms with van der Waals surface area (Å²) in [5.41, 5.74) is 0. The van der Waals surface area contributed by atoms with Crippen molar-refractivity contribution in [3.05, 3.63) is 5.89 Å². The molecule has 0 bridgehead atoms. The molecule has 0 spiro atoms. The molecule has 0 aliphatic heterocycles. The van der Waals surface area contributed by atoms with Crippen molar-refractivity contribution in [2.75, 3.05) is 0 Å². The van der Waals surface area contributed by atoms with Gasteiger partial charge in [0.05, 0.1) is 0 Å². The van der Waals surface area contributed by atoms with Gasteiger partial charge in [0.1, 0.15) is 7.28 Å². The normalized spacial score (nSPS) is 12.1. The van der Waals surface area contributed by atoms with Gasteiger partial charge in [0.25, 0.3) is 0 Å². The molecule has 0 fully saturated rings. The summed E-state index contributed by atoms with van der Waals surface area (Å²) in [7, 11) is 0.953. The summed E-state index contributed by atoms with van der Waals surface area (Å²) in [4.78, 5) is 0. The van der Waals surface area contributed by atoms with Gasteiger partial charge < -0.3 is 9.52 Å². The van der Waals surface area contributed by atoms with Crippen LogP contribution in [0.2, 0.25) is 5.82 Å². The van der Waals surface area contributed by atoms with Crippen molar-refractivity contribution in [2.45, 2.75) is 38.8 Å². The molecule has 0 atom stereocenters. The zero-order valence-electron chi connectivity index (χ0n) is 8.53. The van der Waals surface area contributed by atoms with E-state index in [1.165, 1.54) is 0 Å². The van der Waals surface area contributed by atoms with Crippen molar-refractivity contribution in [3.8, 4) is 6.08 Å². The number of hydrogen-bond acceptors (Lipinski definition) is 4. The smallest absolute Gasteiger partial charge is 0.412 e. The lowest BCUT2D eigenvalue weighted by Crippen LogP contribution is -2.28. The van der Waals surface area contributed by atoms with Crippen LogP contribution in [0.1, 0.15) is 33.6 Å². The number of hydrogen-bond donors (Lipinski definition) is 1. The van der Waals surface area contributed by atoms with Gasteiger partial charge in [-0.1, -0.05) is 38.6 Å². The van der Waals surface area contributed by atoms with Gasteiger partial charge >= 0.3 is 6.08 Å². The third-order valence-corrected chi connectivity index (χ3v) is 1.91. The van der Waals surface area contributed by atoms with Crippen molar-refractivity contribution < 1.29 is 9.52 Å². The van der Waals surface area contributed by atoms with Crippen LogP contribution in [-0.4, -0.2) is 22.6 Å². The fraction of sp³-hybridized carbons (Fsp3) is 0.750. The summed E-state index contributed by atoms with van der Waals surface area (Å²) in [6, 6.07) is 0. The molecule has 13 heavy (non-hydrogen) atoms. The monoisotopic (exact) mass is 182 g/mol. The molecule has 0 aliphatic rings. The Morgan fingerprint density at radius 2 is 2.00 bits per heavy atom. The minimum absolute atomic E-state index is 0.165. The molecule has 0 unspecified atom stereocenters. The molecule has 1 aromatic rings. The molecule has 0 amide bonds. The Kier molecular flexibility index (Phi) is 2.64. The molecule has 1 aromatic heterocycles. The van der Waals surface area contributed by atoms with Crippen LogP contribution in [0.3, 0.4) is 0 Å². The third-order valence-electron chi connectivity index (χ3n) is 1.91. The number of aromatic hydroxyl groups is 1. The molecular weight excluding hydrogens is 167 g/mol. The molecule has 1 N–H and O–H groups in total. The summed E-state index contributed by atoms with van der Waals surface area (Å²) < 4.78 is 4.98. The first-order valence-electron chi connectivity index (χ1n) is 4.45. The molecule has 0 aromatic carbocycles.